The molecular formula is C9H6ClFN4. The zero-order valence-corrected chi connectivity index (χ0v) is 8.24. The van der Waals surface area contributed by atoms with Gasteiger partial charge in [0.1, 0.15) is 17.7 Å². The van der Waals surface area contributed by atoms with Gasteiger partial charge in [0.25, 0.3) is 0 Å². The Balaban J connectivity index is 2.60. The molecule has 2 heterocycles. The quantitative estimate of drug-likeness (QED) is 0.804. The zero-order valence-electron chi connectivity index (χ0n) is 7.48. The molecule has 15 heavy (non-hydrogen) atoms. The number of nitrogens with zero attached hydrogens (tertiary/aromatic N) is 3. The average Bonchev–Trinajstić information content (AvgIpc) is 2.20. The molecule has 6 heteroatoms. The van der Waals surface area contributed by atoms with Gasteiger partial charge >= 0.3 is 0 Å². The van der Waals surface area contributed by atoms with E-state index in [1.165, 1.54) is 18.6 Å². The summed E-state index contributed by atoms with van der Waals surface area (Å²) < 4.78 is 13.3. The van der Waals surface area contributed by atoms with Crippen LogP contribution < -0.4 is 5.73 Å². The van der Waals surface area contributed by atoms with Crippen molar-refractivity contribution in [1.29, 1.82) is 0 Å². The molecule has 2 rings (SSSR count). The van der Waals surface area contributed by atoms with Gasteiger partial charge in [-0.15, -0.1) is 0 Å². The predicted molar refractivity (Wildman–Crippen MR) is 54.6 cm³/mol. The number of hydrogen-bond donors (Lipinski definition) is 1. The van der Waals surface area contributed by atoms with Crippen LogP contribution in [-0.2, 0) is 0 Å². The molecule has 0 fully saturated rings. The first kappa shape index (κ1) is 9.79. The van der Waals surface area contributed by atoms with Crippen molar-refractivity contribution in [2.45, 2.75) is 0 Å². The van der Waals surface area contributed by atoms with Crippen LogP contribution in [-0.4, -0.2) is 15.0 Å². The SMILES string of the molecule is Nc1cnc(-c2ncncc2F)c(Cl)c1. The fourth-order valence-electron chi connectivity index (χ4n) is 1.11. The number of rotatable bonds is 1. The van der Waals surface area contributed by atoms with Crippen molar-refractivity contribution in [3.8, 4) is 11.4 Å². The topological polar surface area (TPSA) is 64.7 Å². The van der Waals surface area contributed by atoms with Crippen molar-refractivity contribution in [2.75, 3.05) is 5.73 Å². The largest absolute Gasteiger partial charge is 0.397 e. The van der Waals surface area contributed by atoms with E-state index in [1.54, 1.807) is 0 Å². The molecule has 0 radical (unpaired) electrons. The number of pyridine rings is 1. The van der Waals surface area contributed by atoms with Crippen LogP contribution in [0.1, 0.15) is 0 Å². The summed E-state index contributed by atoms with van der Waals surface area (Å²) in [6.45, 7) is 0. The lowest BCUT2D eigenvalue weighted by Crippen LogP contribution is -1.95. The normalized spacial score (nSPS) is 10.3. The van der Waals surface area contributed by atoms with E-state index in [4.69, 9.17) is 17.3 Å². The van der Waals surface area contributed by atoms with Crippen molar-refractivity contribution in [2.24, 2.45) is 0 Å². The lowest BCUT2D eigenvalue weighted by molar-refractivity contribution is 0.617. The summed E-state index contributed by atoms with van der Waals surface area (Å²) in [5, 5.41) is 0.257. The number of anilines is 1. The van der Waals surface area contributed by atoms with Gasteiger partial charge in [-0.3, -0.25) is 4.98 Å². The van der Waals surface area contributed by atoms with Crippen LogP contribution >= 0.6 is 11.6 Å². The van der Waals surface area contributed by atoms with E-state index in [-0.39, 0.29) is 16.4 Å². The Morgan fingerprint density at radius 1 is 1.20 bits per heavy atom. The summed E-state index contributed by atoms with van der Waals surface area (Å²) in [5.41, 5.74) is 6.21. The molecule has 0 aliphatic carbocycles. The van der Waals surface area contributed by atoms with Crippen LogP contribution in [0.4, 0.5) is 10.1 Å². The molecule has 0 aliphatic heterocycles. The summed E-state index contributed by atoms with van der Waals surface area (Å²) in [6, 6.07) is 1.49. The second kappa shape index (κ2) is 3.78. The fraction of sp³-hybridized carbons (Fsp3) is 0. The molecule has 0 saturated carbocycles. The first-order valence-corrected chi connectivity index (χ1v) is 4.43. The molecule has 0 saturated heterocycles. The predicted octanol–water partition coefficient (Wildman–Crippen LogP) is 1.91. The van der Waals surface area contributed by atoms with Crippen LogP contribution in [0.15, 0.2) is 24.8 Å². The highest BCUT2D eigenvalue weighted by atomic mass is 35.5. The third kappa shape index (κ3) is 1.87. The lowest BCUT2D eigenvalue weighted by atomic mass is 10.2. The molecule has 0 bridgehead atoms. The van der Waals surface area contributed by atoms with E-state index in [0.29, 0.717) is 5.69 Å². The van der Waals surface area contributed by atoms with Gasteiger partial charge in [-0.2, -0.15) is 0 Å². The van der Waals surface area contributed by atoms with Crippen LogP contribution in [0.25, 0.3) is 11.4 Å². The smallest absolute Gasteiger partial charge is 0.169 e. The first-order valence-electron chi connectivity index (χ1n) is 4.05. The Hall–Kier alpha value is -1.75. The average molecular weight is 225 g/mol. The summed E-state index contributed by atoms with van der Waals surface area (Å²) in [5.74, 6) is -0.573. The highest BCUT2D eigenvalue weighted by molar-refractivity contribution is 6.33. The monoisotopic (exact) mass is 224 g/mol. The van der Waals surface area contributed by atoms with Gasteiger partial charge in [-0.05, 0) is 6.07 Å². The van der Waals surface area contributed by atoms with Crippen LogP contribution in [0, 0.1) is 5.82 Å². The number of halogens is 2. The Kier molecular flexibility index (Phi) is 2.47. The van der Waals surface area contributed by atoms with E-state index in [2.05, 4.69) is 15.0 Å². The molecule has 0 spiro atoms. The minimum Gasteiger partial charge on any atom is -0.397 e. The van der Waals surface area contributed by atoms with E-state index >= 15 is 0 Å². The minimum absolute atomic E-state index is 0.0648. The second-order valence-corrected chi connectivity index (χ2v) is 3.23. The van der Waals surface area contributed by atoms with Crippen molar-refractivity contribution in [1.82, 2.24) is 15.0 Å². The summed E-state index contributed by atoms with van der Waals surface area (Å²) in [4.78, 5) is 11.2. The molecule has 2 N–H and O–H groups in total. The Morgan fingerprint density at radius 2 is 2.00 bits per heavy atom. The first-order chi connectivity index (χ1) is 7.18. The van der Waals surface area contributed by atoms with Crippen molar-refractivity contribution in [3.05, 3.63) is 35.6 Å². The van der Waals surface area contributed by atoms with E-state index in [9.17, 15) is 4.39 Å². The van der Waals surface area contributed by atoms with Gasteiger partial charge in [0.15, 0.2) is 5.82 Å². The van der Waals surface area contributed by atoms with Gasteiger partial charge in [-0.1, -0.05) is 11.6 Å². The minimum atomic E-state index is -0.573. The van der Waals surface area contributed by atoms with E-state index < -0.39 is 5.82 Å². The molecule has 0 amide bonds. The molecule has 0 aromatic carbocycles. The zero-order chi connectivity index (χ0) is 10.8. The maximum atomic E-state index is 13.3. The van der Waals surface area contributed by atoms with Crippen molar-refractivity contribution in [3.63, 3.8) is 0 Å². The standard InChI is InChI=1S/C9H6ClFN4/c10-6-1-5(12)2-14-8(6)9-7(11)3-13-4-15-9/h1-4H,12H2. The van der Waals surface area contributed by atoms with Crippen LogP contribution in [0.5, 0.6) is 0 Å². The van der Waals surface area contributed by atoms with Crippen molar-refractivity contribution >= 4 is 17.3 Å². The lowest BCUT2D eigenvalue weighted by Gasteiger charge is -2.03. The Labute approximate surface area is 90.0 Å². The molecule has 4 nitrogen and oxygen atoms in total. The molecule has 2 aromatic rings. The van der Waals surface area contributed by atoms with E-state index in [0.717, 1.165) is 6.20 Å². The van der Waals surface area contributed by atoms with Gasteiger partial charge < -0.3 is 5.73 Å². The maximum Gasteiger partial charge on any atom is 0.169 e. The van der Waals surface area contributed by atoms with Crippen LogP contribution in [0.3, 0.4) is 0 Å². The molecular weight excluding hydrogens is 219 g/mol. The van der Waals surface area contributed by atoms with Gasteiger partial charge in [-0.25, -0.2) is 14.4 Å². The highest BCUT2D eigenvalue weighted by Gasteiger charge is 2.11. The van der Waals surface area contributed by atoms with Crippen LogP contribution in [0.2, 0.25) is 5.02 Å². The highest BCUT2D eigenvalue weighted by Crippen LogP contribution is 2.26. The maximum absolute atomic E-state index is 13.3. The summed E-state index contributed by atoms with van der Waals surface area (Å²) >= 11 is 5.87. The summed E-state index contributed by atoms with van der Waals surface area (Å²) in [7, 11) is 0. The van der Waals surface area contributed by atoms with Gasteiger partial charge in [0, 0.05) is 0 Å². The van der Waals surface area contributed by atoms with Gasteiger partial charge in [0.2, 0.25) is 0 Å². The number of nitrogens with two attached hydrogens (primary N) is 1. The molecule has 0 aliphatic rings. The van der Waals surface area contributed by atoms with E-state index in [1.807, 2.05) is 0 Å². The fourth-order valence-corrected chi connectivity index (χ4v) is 1.38. The Bertz CT molecular complexity index is 503. The molecule has 2 aromatic heterocycles. The number of nitrogen functional groups attached to an aromatic ring is 1. The van der Waals surface area contributed by atoms with Gasteiger partial charge in [0.05, 0.1) is 23.1 Å². The second-order valence-electron chi connectivity index (χ2n) is 2.82. The third-order valence-corrected chi connectivity index (χ3v) is 2.04. The Morgan fingerprint density at radius 3 is 2.67 bits per heavy atom. The number of aromatic nitrogens is 3. The summed E-state index contributed by atoms with van der Waals surface area (Å²) in [6.07, 6.45) is 3.67. The molecule has 76 valence electrons. The molecule has 0 atom stereocenters. The number of hydrogen-bond acceptors (Lipinski definition) is 4. The molecule has 0 unspecified atom stereocenters. The van der Waals surface area contributed by atoms with Crippen molar-refractivity contribution < 1.29 is 4.39 Å². The third-order valence-electron chi connectivity index (χ3n) is 1.75.